The minimum Gasteiger partial charge on any atom is -0.395 e. The second-order valence-electron chi connectivity index (χ2n) is 5.25. The van der Waals surface area contributed by atoms with Gasteiger partial charge in [0, 0.05) is 28.3 Å². The van der Waals surface area contributed by atoms with Crippen molar-refractivity contribution in [2.75, 3.05) is 23.4 Å². The van der Waals surface area contributed by atoms with Gasteiger partial charge in [-0.1, -0.05) is 13.8 Å². The number of amides is 1. The van der Waals surface area contributed by atoms with Gasteiger partial charge in [0.15, 0.2) is 0 Å². The van der Waals surface area contributed by atoms with Gasteiger partial charge in [-0.25, -0.2) is 0 Å². The highest BCUT2D eigenvalue weighted by atomic mass is 79.9. The molecular weight excluding hydrogens is 334 g/mol. The molecule has 1 heterocycles. The second-order valence-corrected chi connectivity index (χ2v) is 6.10. The molecule has 0 saturated carbocycles. The van der Waals surface area contributed by atoms with Crippen LogP contribution in [0.15, 0.2) is 16.6 Å². The van der Waals surface area contributed by atoms with E-state index in [1.54, 1.807) is 0 Å². The summed E-state index contributed by atoms with van der Waals surface area (Å²) in [6.07, 6.45) is 1.98. The van der Waals surface area contributed by atoms with Gasteiger partial charge in [-0.15, -0.1) is 0 Å². The van der Waals surface area contributed by atoms with E-state index in [4.69, 9.17) is 5.73 Å². The Morgan fingerprint density at radius 1 is 1.43 bits per heavy atom. The summed E-state index contributed by atoms with van der Waals surface area (Å²) in [6, 6.07) is 3.58. The van der Waals surface area contributed by atoms with Crippen LogP contribution in [0.5, 0.6) is 0 Å². The van der Waals surface area contributed by atoms with Gasteiger partial charge in [-0.3, -0.25) is 4.79 Å². The van der Waals surface area contributed by atoms with Gasteiger partial charge >= 0.3 is 0 Å². The molecule has 1 aromatic carbocycles. The van der Waals surface area contributed by atoms with Crippen molar-refractivity contribution >= 4 is 33.2 Å². The lowest BCUT2D eigenvalue weighted by Crippen LogP contribution is -2.37. The zero-order valence-electron chi connectivity index (χ0n) is 12.4. The number of aliphatic hydroxyl groups is 1. The first-order valence-corrected chi connectivity index (χ1v) is 8.10. The van der Waals surface area contributed by atoms with E-state index in [0.717, 1.165) is 34.3 Å². The molecule has 0 spiro atoms. The molecular formula is C15H22BrN3O2. The maximum atomic E-state index is 11.7. The molecule has 21 heavy (non-hydrogen) atoms. The molecule has 2 rings (SSSR count). The Morgan fingerprint density at radius 2 is 2.10 bits per heavy atom. The summed E-state index contributed by atoms with van der Waals surface area (Å²) in [5.41, 5.74) is 8.42. The summed E-state index contributed by atoms with van der Waals surface area (Å²) in [6.45, 7) is 4.92. The monoisotopic (exact) mass is 355 g/mol. The first-order chi connectivity index (χ1) is 10.0. The molecule has 0 radical (unpaired) electrons. The zero-order valence-corrected chi connectivity index (χ0v) is 14.0. The van der Waals surface area contributed by atoms with Crippen molar-refractivity contribution in [1.82, 2.24) is 0 Å². The van der Waals surface area contributed by atoms with Crippen molar-refractivity contribution in [3.63, 3.8) is 0 Å². The van der Waals surface area contributed by atoms with E-state index >= 15 is 0 Å². The highest BCUT2D eigenvalue weighted by molar-refractivity contribution is 9.10. The third-order valence-electron chi connectivity index (χ3n) is 4.03. The Morgan fingerprint density at radius 3 is 2.67 bits per heavy atom. The first kappa shape index (κ1) is 16.3. The van der Waals surface area contributed by atoms with Gasteiger partial charge in [0.05, 0.1) is 12.3 Å². The minimum absolute atomic E-state index is 0.0892. The number of aliphatic hydroxyl groups excluding tert-OH is 1. The SMILES string of the molecule is CCC(CC)N(CCO)c1cc2c(cc1Br)C(N)C(=O)N2. The molecule has 0 aromatic heterocycles. The summed E-state index contributed by atoms with van der Waals surface area (Å²) < 4.78 is 0.897. The molecule has 0 aliphatic carbocycles. The molecule has 1 aromatic rings. The topological polar surface area (TPSA) is 78.6 Å². The predicted molar refractivity (Wildman–Crippen MR) is 88.5 cm³/mol. The van der Waals surface area contributed by atoms with Crippen LogP contribution in [0.25, 0.3) is 0 Å². The number of carbonyl (C=O) groups excluding carboxylic acids is 1. The number of nitrogens with zero attached hydrogens (tertiary/aromatic N) is 1. The Labute approximate surface area is 133 Å². The number of hydrogen-bond acceptors (Lipinski definition) is 4. The molecule has 1 amide bonds. The maximum absolute atomic E-state index is 11.7. The highest BCUT2D eigenvalue weighted by Gasteiger charge is 2.29. The van der Waals surface area contributed by atoms with E-state index < -0.39 is 6.04 Å². The van der Waals surface area contributed by atoms with Crippen LogP contribution >= 0.6 is 15.9 Å². The maximum Gasteiger partial charge on any atom is 0.245 e. The van der Waals surface area contributed by atoms with Crippen LogP contribution < -0.4 is 16.0 Å². The summed E-state index contributed by atoms with van der Waals surface area (Å²) in [7, 11) is 0. The molecule has 116 valence electrons. The number of fused-ring (bicyclic) bond motifs is 1. The predicted octanol–water partition coefficient (Wildman–Crippen LogP) is 2.39. The van der Waals surface area contributed by atoms with Crippen LogP contribution in [0.3, 0.4) is 0 Å². The number of rotatable bonds is 6. The number of halogens is 1. The lowest BCUT2D eigenvalue weighted by atomic mass is 10.1. The smallest absolute Gasteiger partial charge is 0.245 e. The summed E-state index contributed by atoms with van der Waals surface area (Å²) in [5.74, 6) is -0.176. The highest BCUT2D eigenvalue weighted by Crippen LogP contribution is 2.39. The summed E-state index contributed by atoms with van der Waals surface area (Å²) in [5, 5.41) is 12.2. The fraction of sp³-hybridized carbons (Fsp3) is 0.533. The van der Waals surface area contributed by atoms with Crippen molar-refractivity contribution in [3.8, 4) is 0 Å². The summed E-state index contributed by atoms with van der Waals surface area (Å²) >= 11 is 3.58. The van der Waals surface area contributed by atoms with E-state index in [1.165, 1.54) is 0 Å². The Bertz CT molecular complexity index is 532. The number of hydrogen-bond donors (Lipinski definition) is 3. The molecule has 6 heteroatoms. The van der Waals surface area contributed by atoms with Crippen LogP contribution in [0.4, 0.5) is 11.4 Å². The number of carbonyl (C=O) groups is 1. The Hall–Kier alpha value is -1.11. The average Bonchev–Trinajstić information content (AvgIpc) is 2.74. The van der Waals surface area contributed by atoms with Gasteiger partial charge in [0.2, 0.25) is 5.91 Å². The first-order valence-electron chi connectivity index (χ1n) is 7.30. The fourth-order valence-electron chi connectivity index (χ4n) is 2.85. The van der Waals surface area contributed by atoms with Gasteiger partial charge in [-0.2, -0.15) is 0 Å². The minimum atomic E-state index is -0.607. The number of nitrogens with two attached hydrogens (primary N) is 1. The molecule has 1 aliphatic heterocycles. The van der Waals surface area contributed by atoms with Gasteiger partial charge in [-0.05, 0) is 40.9 Å². The molecule has 1 unspecified atom stereocenters. The molecule has 1 aliphatic rings. The van der Waals surface area contributed by atoms with E-state index in [2.05, 4.69) is 40.0 Å². The quantitative estimate of drug-likeness (QED) is 0.731. The van der Waals surface area contributed by atoms with E-state index in [1.807, 2.05) is 12.1 Å². The van der Waals surface area contributed by atoms with Crippen molar-refractivity contribution in [3.05, 3.63) is 22.2 Å². The van der Waals surface area contributed by atoms with E-state index in [9.17, 15) is 9.90 Å². The van der Waals surface area contributed by atoms with Crippen LogP contribution in [0, 0.1) is 0 Å². The van der Waals surface area contributed by atoms with Crippen LogP contribution in [-0.4, -0.2) is 30.2 Å². The molecule has 0 saturated heterocycles. The lowest BCUT2D eigenvalue weighted by Gasteiger charge is -2.33. The van der Waals surface area contributed by atoms with Gasteiger partial charge < -0.3 is 21.1 Å². The van der Waals surface area contributed by atoms with Crippen molar-refractivity contribution < 1.29 is 9.90 Å². The third-order valence-corrected chi connectivity index (χ3v) is 4.66. The molecule has 0 bridgehead atoms. The largest absolute Gasteiger partial charge is 0.395 e. The number of anilines is 2. The summed E-state index contributed by atoms with van der Waals surface area (Å²) in [4.78, 5) is 13.9. The molecule has 4 N–H and O–H groups in total. The number of nitrogens with one attached hydrogen (secondary N) is 1. The van der Waals surface area contributed by atoms with E-state index in [-0.39, 0.29) is 12.5 Å². The van der Waals surface area contributed by atoms with Crippen molar-refractivity contribution in [2.45, 2.75) is 38.8 Å². The Kier molecular flexibility index (Phi) is 5.24. The number of benzene rings is 1. The van der Waals surface area contributed by atoms with E-state index in [0.29, 0.717) is 12.6 Å². The third kappa shape index (κ3) is 3.07. The Balaban J connectivity index is 2.43. The van der Waals surface area contributed by atoms with Crippen molar-refractivity contribution in [1.29, 1.82) is 0 Å². The molecule has 1 atom stereocenters. The molecule has 0 fully saturated rings. The zero-order chi connectivity index (χ0) is 15.6. The average molecular weight is 356 g/mol. The van der Waals surface area contributed by atoms with Crippen molar-refractivity contribution in [2.24, 2.45) is 5.73 Å². The van der Waals surface area contributed by atoms with Gasteiger partial charge in [0.25, 0.3) is 0 Å². The van der Waals surface area contributed by atoms with Crippen LogP contribution in [0.2, 0.25) is 0 Å². The van der Waals surface area contributed by atoms with Crippen LogP contribution in [0.1, 0.15) is 38.3 Å². The fourth-order valence-corrected chi connectivity index (χ4v) is 3.44. The molecule has 5 nitrogen and oxygen atoms in total. The van der Waals surface area contributed by atoms with Crippen LogP contribution in [-0.2, 0) is 4.79 Å². The second kappa shape index (κ2) is 6.77. The standard InChI is InChI=1S/C15H22BrN3O2/c1-3-9(4-2)19(5-6-20)13-8-12-10(7-11(13)16)14(17)15(21)18-12/h7-9,14,20H,3-6,17H2,1-2H3,(H,18,21). The van der Waals surface area contributed by atoms with Gasteiger partial charge in [0.1, 0.15) is 6.04 Å². The lowest BCUT2D eigenvalue weighted by molar-refractivity contribution is -0.116. The normalized spacial score (nSPS) is 17.0.